The minimum Gasteiger partial charge on any atom is -0.494 e. The summed E-state index contributed by atoms with van der Waals surface area (Å²) in [6, 6.07) is 7.23. The smallest absolute Gasteiger partial charge is 0.165 e. The maximum atomic E-state index is 13.9. The molecular formula is C15H19FN2O. The third-order valence-corrected chi connectivity index (χ3v) is 3.82. The van der Waals surface area contributed by atoms with E-state index in [1.165, 1.54) is 13.2 Å². The first-order valence-corrected chi connectivity index (χ1v) is 6.43. The van der Waals surface area contributed by atoms with Gasteiger partial charge < -0.3 is 10.1 Å². The minimum atomic E-state index is -0.623. The first-order valence-electron chi connectivity index (χ1n) is 6.43. The zero-order valence-electron chi connectivity index (χ0n) is 11.6. The Bertz CT molecular complexity index is 521. The van der Waals surface area contributed by atoms with Crippen LogP contribution in [0.15, 0.2) is 18.2 Å². The molecule has 1 N–H and O–H groups in total. The van der Waals surface area contributed by atoms with Gasteiger partial charge in [0.2, 0.25) is 0 Å². The molecule has 0 radical (unpaired) electrons. The van der Waals surface area contributed by atoms with E-state index >= 15 is 0 Å². The fraction of sp³-hybridized carbons (Fsp3) is 0.533. The van der Waals surface area contributed by atoms with Crippen molar-refractivity contribution in [1.82, 2.24) is 5.32 Å². The van der Waals surface area contributed by atoms with Gasteiger partial charge in [0.05, 0.1) is 18.6 Å². The predicted molar refractivity (Wildman–Crippen MR) is 71.6 cm³/mol. The molecule has 0 aliphatic carbocycles. The fourth-order valence-electron chi connectivity index (χ4n) is 2.89. The Morgan fingerprint density at radius 1 is 1.42 bits per heavy atom. The molecule has 3 nitrogen and oxygen atoms in total. The molecule has 1 fully saturated rings. The summed E-state index contributed by atoms with van der Waals surface area (Å²) in [7, 11) is 1.44. The number of benzene rings is 1. The van der Waals surface area contributed by atoms with Gasteiger partial charge in [-0.15, -0.1) is 0 Å². The normalized spacial score (nSPS) is 25.6. The Kier molecular flexibility index (Phi) is 3.51. The van der Waals surface area contributed by atoms with Gasteiger partial charge in [0, 0.05) is 5.54 Å². The van der Waals surface area contributed by atoms with E-state index in [2.05, 4.69) is 25.2 Å². The third kappa shape index (κ3) is 2.57. The summed E-state index contributed by atoms with van der Waals surface area (Å²) in [6.07, 6.45) is 1.36. The van der Waals surface area contributed by atoms with Crippen molar-refractivity contribution in [3.63, 3.8) is 0 Å². The van der Waals surface area contributed by atoms with Crippen LogP contribution in [0.1, 0.15) is 32.3 Å². The van der Waals surface area contributed by atoms with Crippen molar-refractivity contribution in [2.24, 2.45) is 0 Å². The number of hydrogen-bond donors (Lipinski definition) is 1. The van der Waals surface area contributed by atoms with E-state index in [0.717, 1.165) is 12.1 Å². The molecule has 0 amide bonds. The third-order valence-electron chi connectivity index (χ3n) is 3.82. The van der Waals surface area contributed by atoms with E-state index < -0.39 is 11.2 Å². The molecule has 0 spiro atoms. The molecule has 0 aromatic heterocycles. The van der Waals surface area contributed by atoms with Gasteiger partial charge in [0.1, 0.15) is 0 Å². The highest BCUT2D eigenvalue weighted by Crippen LogP contribution is 2.39. The van der Waals surface area contributed by atoms with Crippen molar-refractivity contribution >= 4 is 0 Å². The van der Waals surface area contributed by atoms with Crippen LogP contribution in [0, 0.1) is 17.1 Å². The van der Waals surface area contributed by atoms with Crippen molar-refractivity contribution < 1.29 is 9.13 Å². The molecule has 2 rings (SSSR count). The first-order chi connectivity index (χ1) is 8.92. The summed E-state index contributed by atoms with van der Waals surface area (Å²) in [5.41, 5.74) is -0.00503. The number of piperidine rings is 1. The monoisotopic (exact) mass is 262 g/mol. The molecule has 1 aliphatic rings. The van der Waals surface area contributed by atoms with Crippen molar-refractivity contribution in [2.45, 2.75) is 37.6 Å². The van der Waals surface area contributed by atoms with Crippen molar-refractivity contribution in [3.8, 4) is 11.8 Å². The Morgan fingerprint density at radius 2 is 2.16 bits per heavy atom. The summed E-state index contributed by atoms with van der Waals surface area (Å²) in [5.74, 6) is -0.198. The van der Waals surface area contributed by atoms with Gasteiger partial charge in [-0.3, -0.25) is 0 Å². The molecule has 1 aliphatic heterocycles. The SMILES string of the molecule is COc1ccc(C2(C#N)CCNC(C)(C)C2)cc1F. The van der Waals surface area contributed by atoms with Gasteiger partial charge in [-0.25, -0.2) is 4.39 Å². The van der Waals surface area contributed by atoms with E-state index in [4.69, 9.17) is 4.74 Å². The Balaban J connectivity index is 2.42. The predicted octanol–water partition coefficient (Wildman–Crippen LogP) is 2.76. The van der Waals surface area contributed by atoms with Crippen LogP contribution in [0.4, 0.5) is 4.39 Å². The number of ether oxygens (including phenoxy) is 1. The molecule has 1 unspecified atom stereocenters. The van der Waals surface area contributed by atoms with E-state index in [1.54, 1.807) is 12.1 Å². The van der Waals surface area contributed by atoms with Gasteiger partial charge in [-0.05, 0) is 50.9 Å². The van der Waals surface area contributed by atoms with Crippen LogP contribution in [0.5, 0.6) is 5.75 Å². The first kappa shape index (κ1) is 13.8. The van der Waals surface area contributed by atoms with Crippen molar-refractivity contribution in [2.75, 3.05) is 13.7 Å². The van der Waals surface area contributed by atoms with Crippen LogP contribution < -0.4 is 10.1 Å². The second-order valence-electron chi connectivity index (χ2n) is 5.78. The number of nitrogens with zero attached hydrogens (tertiary/aromatic N) is 1. The zero-order chi connectivity index (χ0) is 14.1. The van der Waals surface area contributed by atoms with Gasteiger partial charge >= 0.3 is 0 Å². The minimum absolute atomic E-state index is 0.121. The number of rotatable bonds is 2. The average Bonchev–Trinajstić information content (AvgIpc) is 2.37. The van der Waals surface area contributed by atoms with Crippen LogP contribution in [-0.2, 0) is 5.41 Å². The van der Waals surface area contributed by atoms with Crippen LogP contribution in [0.3, 0.4) is 0 Å². The summed E-state index contributed by atoms with van der Waals surface area (Å²) in [6.45, 7) is 4.89. The van der Waals surface area contributed by atoms with E-state index in [0.29, 0.717) is 12.8 Å². The molecule has 0 bridgehead atoms. The zero-order valence-corrected chi connectivity index (χ0v) is 11.6. The Hall–Kier alpha value is -1.60. The van der Waals surface area contributed by atoms with Crippen LogP contribution in [0.25, 0.3) is 0 Å². The quantitative estimate of drug-likeness (QED) is 0.891. The maximum Gasteiger partial charge on any atom is 0.165 e. The maximum absolute atomic E-state index is 13.9. The standard InChI is InChI=1S/C15H19FN2O/c1-14(2)9-15(10-17,6-7-18-14)11-4-5-13(19-3)12(16)8-11/h4-5,8,18H,6-7,9H2,1-3H3. The average molecular weight is 262 g/mol. The number of nitrogens with one attached hydrogen (secondary N) is 1. The number of halogens is 1. The van der Waals surface area contributed by atoms with Crippen molar-refractivity contribution in [1.29, 1.82) is 5.26 Å². The molecular weight excluding hydrogens is 243 g/mol. The lowest BCUT2D eigenvalue weighted by Gasteiger charge is -2.42. The second kappa shape index (κ2) is 4.82. The lowest BCUT2D eigenvalue weighted by Crippen LogP contribution is -2.52. The van der Waals surface area contributed by atoms with Gasteiger partial charge in [-0.2, -0.15) is 5.26 Å². The highest BCUT2D eigenvalue weighted by atomic mass is 19.1. The largest absolute Gasteiger partial charge is 0.494 e. The topological polar surface area (TPSA) is 45.0 Å². The molecule has 1 aromatic carbocycles. The van der Waals surface area contributed by atoms with E-state index in [1.807, 2.05) is 0 Å². The summed E-state index contributed by atoms with van der Waals surface area (Å²) in [4.78, 5) is 0. The molecule has 1 atom stereocenters. The molecule has 0 saturated carbocycles. The van der Waals surface area contributed by atoms with E-state index in [9.17, 15) is 9.65 Å². The van der Waals surface area contributed by atoms with Gasteiger partial charge in [-0.1, -0.05) is 6.07 Å². The highest BCUT2D eigenvalue weighted by Gasteiger charge is 2.41. The van der Waals surface area contributed by atoms with Gasteiger partial charge in [0.15, 0.2) is 11.6 Å². The molecule has 102 valence electrons. The van der Waals surface area contributed by atoms with E-state index in [-0.39, 0.29) is 11.3 Å². The van der Waals surface area contributed by atoms with Crippen LogP contribution in [0.2, 0.25) is 0 Å². The van der Waals surface area contributed by atoms with Crippen LogP contribution in [-0.4, -0.2) is 19.2 Å². The fourth-order valence-corrected chi connectivity index (χ4v) is 2.89. The molecule has 1 aromatic rings. The summed E-state index contributed by atoms with van der Waals surface area (Å²) < 4.78 is 18.8. The number of nitriles is 1. The number of hydrogen-bond acceptors (Lipinski definition) is 3. The van der Waals surface area contributed by atoms with Crippen molar-refractivity contribution in [3.05, 3.63) is 29.6 Å². The second-order valence-corrected chi connectivity index (χ2v) is 5.78. The Morgan fingerprint density at radius 3 is 2.68 bits per heavy atom. The van der Waals surface area contributed by atoms with Gasteiger partial charge in [0.25, 0.3) is 0 Å². The summed E-state index contributed by atoms with van der Waals surface area (Å²) in [5, 5.41) is 13.0. The molecule has 4 heteroatoms. The molecule has 1 saturated heterocycles. The molecule has 19 heavy (non-hydrogen) atoms. The number of methoxy groups -OCH3 is 1. The lowest BCUT2D eigenvalue weighted by atomic mass is 9.68. The highest BCUT2D eigenvalue weighted by molar-refractivity contribution is 5.39. The molecule has 1 heterocycles. The summed E-state index contributed by atoms with van der Waals surface area (Å²) >= 11 is 0. The lowest BCUT2D eigenvalue weighted by molar-refractivity contribution is 0.233. The van der Waals surface area contributed by atoms with Crippen LogP contribution >= 0.6 is 0 Å². The Labute approximate surface area is 113 Å².